The van der Waals surface area contributed by atoms with E-state index in [1.165, 1.54) is 19.2 Å². The minimum absolute atomic E-state index is 0. The molecule has 116 valence electrons. The van der Waals surface area contributed by atoms with E-state index in [-0.39, 0.29) is 41.1 Å². The van der Waals surface area contributed by atoms with Gasteiger partial charge in [-0.2, -0.15) is 0 Å². The largest absolute Gasteiger partial charge is 1.00 e. The quantitative estimate of drug-likeness (QED) is 0.304. The van der Waals surface area contributed by atoms with Gasteiger partial charge in [0.15, 0.2) is 0 Å². The molecule has 0 saturated heterocycles. The summed E-state index contributed by atoms with van der Waals surface area (Å²) in [5.74, 6) is 0.526. The van der Waals surface area contributed by atoms with E-state index in [0.29, 0.717) is 11.8 Å². The Morgan fingerprint density at radius 2 is 1.61 bits per heavy atom. The van der Waals surface area contributed by atoms with E-state index in [1.807, 2.05) is 0 Å². The third kappa shape index (κ3) is 4.91. The van der Waals surface area contributed by atoms with Crippen LogP contribution in [0.3, 0.4) is 0 Å². The molecule has 2 aromatic carbocycles. The first-order valence-electron chi connectivity index (χ1n) is 5.87. The summed E-state index contributed by atoms with van der Waals surface area (Å²) < 4.78 is 44.0. The van der Waals surface area contributed by atoms with Crippen molar-refractivity contribution in [1.29, 1.82) is 0 Å². The maximum Gasteiger partial charge on any atom is 1.00 e. The van der Waals surface area contributed by atoms with E-state index in [1.54, 1.807) is 12.1 Å². The van der Waals surface area contributed by atoms with Crippen LogP contribution in [-0.2, 0) is 10.1 Å². The number of hydrogen-bond acceptors (Lipinski definition) is 7. The van der Waals surface area contributed by atoms with Gasteiger partial charge in [0.1, 0.15) is 32.3 Å². The van der Waals surface area contributed by atoms with Gasteiger partial charge in [0.2, 0.25) is 0 Å². The van der Waals surface area contributed by atoms with Gasteiger partial charge in [-0.3, -0.25) is 10.1 Å². The topological polar surface area (TPSA) is 119 Å². The van der Waals surface area contributed by atoms with Crippen LogP contribution in [-0.4, -0.2) is 25.0 Å². The van der Waals surface area contributed by atoms with Crippen LogP contribution < -0.4 is 39.0 Å². The zero-order valence-electron chi connectivity index (χ0n) is 12.3. The molecule has 10 heteroatoms. The van der Waals surface area contributed by atoms with E-state index in [4.69, 9.17) is 9.47 Å². The molecular weight excluding hydrogens is 337 g/mol. The molecule has 23 heavy (non-hydrogen) atoms. The summed E-state index contributed by atoms with van der Waals surface area (Å²) in [7, 11) is -3.45. The molecule has 0 fully saturated rings. The Morgan fingerprint density at radius 3 is 2.09 bits per heavy atom. The van der Waals surface area contributed by atoms with Crippen molar-refractivity contribution in [1.82, 2.24) is 0 Å². The van der Waals surface area contributed by atoms with Crippen LogP contribution in [0.15, 0.2) is 47.4 Å². The van der Waals surface area contributed by atoms with Crippen molar-refractivity contribution in [2.24, 2.45) is 0 Å². The first-order valence-corrected chi connectivity index (χ1v) is 7.28. The van der Waals surface area contributed by atoms with E-state index in [0.717, 1.165) is 12.1 Å². The van der Waals surface area contributed by atoms with Gasteiger partial charge in [-0.15, -0.1) is 0 Å². The van der Waals surface area contributed by atoms with Crippen molar-refractivity contribution >= 4 is 15.8 Å². The fourth-order valence-electron chi connectivity index (χ4n) is 1.66. The maximum atomic E-state index is 11.2. The molecule has 0 aliphatic heterocycles. The summed E-state index contributed by atoms with van der Waals surface area (Å²) >= 11 is 0. The van der Waals surface area contributed by atoms with Gasteiger partial charge < -0.3 is 14.0 Å². The molecule has 0 aliphatic carbocycles. The molecular formula is C13H10NNaO7S. The number of non-ortho nitro benzene ring substituents is 1. The number of nitro benzene ring substituents is 1. The summed E-state index contributed by atoms with van der Waals surface area (Å²) in [6.07, 6.45) is 0. The maximum absolute atomic E-state index is 11.2. The number of ether oxygens (including phenoxy) is 2. The number of benzene rings is 2. The molecule has 0 atom stereocenters. The van der Waals surface area contributed by atoms with Crippen molar-refractivity contribution in [3.8, 4) is 17.2 Å². The fraction of sp³-hybridized carbons (Fsp3) is 0.0769. The third-order valence-electron chi connectivity index (χ3n) is 2.69. The summed E-state index contributed by atoms with van der Waals surface area (Å²) in [4.78, 5) is 9.08. The van der Waals surface area contributed by atoms with Crippen LogP contribution in [0.2, 0.25) is 0 Å². The number of hydrogen-bond donors (Lipinski definition) is 0. The first-order chi connectivity index (χ1) is 10.3. The zero-order chi connectivity index (χ0) is 16.3. The van der Waals surface area contributed by atoms with Gasteiger partial charge in [-0.1, -0.05) is 0 Å². The van der Waals surface area contributed by atoms with Gasteiger partial charge in [0.05, 0.1) is 12.0 Å². The second-order valence-corrected chi connectivity index (χ2v) is 5.47. The molecule has 0 unspecified atom stereocenters. The van der Waals surface area contributed by atoms with Gasteiger partial charge in [0, 0.05) is 12.1 Å². The van der Waals surface area contributed by atoms with Crippen LogP contribution in [0, 0.1) is 10.1 Å². The van der Waals surface area contributed by atoms with Crippen LogP contribution in [0.1, 0.15) is 0 Å². The van der Waals surface area contributed by atoms with Crippen molar-refractivity contribution in [2.75, 3.05) is 7.11 Å². The smallest absolute Gasteiger partial charge is 0.744 e. The molecule has 0 aliphatic rings. The fourth-order valence-corrected chi connectivity index (χ4v) is 2.28. The van der Waals surface area contributed by atoms with E-state index in [9.17, 15) is 23.1 Å². The zero-order valence-corrected chi connectivity index (χ0v) is 15.1. The Balaban J connectivity index is 0.00000264. The molecule has 0 amide bonds. The molecule has 0 bridgehead atoms. The Labute approximate surface area is 154 Å². The standard InChI is InChI=1S/C13H11NO7S.Na/c1-20-10-3-5-11(6-4-10)21-12-7-2-9(14(15)16)8-13(12)22(17,18)19;/h2-8H,1H3,(H,17,18,19);/q;+1/p-1. The molecule has 0 heterocycles. The van der Waals surface area contributed by atoms with E-state index < -0.39 is 25.6 Å². The Morgan fingerprint density at radius 1 is 1.04 bits per heavy atom. The molecule has 8 nitrogen and oxygen atoms in total. The SMILES string of the molecule is COc1ccc(Oc2ccc([N+](=O)[O-])cc2S(=O)(=O)[O-])cc1.[Na+]. The molecule has 2 aromatic rings. The molecule has 2 rings (SSSR count). The number of methoxy groups -OCH3 is 1. The Hall–Kier alpha value is -1.65. The normalized spacial score (nSPS) is 10.5. The molecule has 0 radical (unpaired) electrons. The Bertz CT molecular complexity index is 806. The van der Waals surface area contributed by atoms with E-state index in [2.05, 4.69) is 0 Å². The number of rotatable bonds is 5. The van der Waals surface area contributed by atoms with Gasteiger partial charge in [-0.25, -0.2) is 8.42 Å². The summed E-state index contributed by atoms with van der Waals surface area (Å²) in [5.41, 5.74) is -0.517. The molecule has 0 N–H and O–H groups in total. The summed E-state index contributed by atoms with van der Waals surface area (Å²) in [6.45, 7) is 0. The van der Waals surface area contributed by atoms with Gasteiger partial charge in [-0.05, 0) is 30.3 Å². The minimum atomic E-state index is -4.93. The van der Waals surface area contributed by atoms with Crippen LogP contribution in [0.4, 0.5) is 5.69 Å². The monoisotopic (exact) mass is 347 g/mol. The van der Waals surface area contributed by atoms with Crippen LogP contribution in [0.25, 0.3) is 0 Å². The van der Waals surface area contributed by atoms with Crippen molar-refractivity contribution in [2.45, 2.75) is 4.90 Å². The molecule has 0 spiro atoms. The van der Waals surface area contributed by atoms with Crippen molar-refractivity contribution in [3.63, 3.8) is 0 Å². The van der Waals surface area contributed by atoms with Crippen molar-refractivity contribution in [3.05, 3.63) is 52.6 Å². The van der Waals surface area contributed by atoms with E-state index >= 15 is 0 Å². The van der Waals surface area contributed by atoms with Gasteiger partial charge in [0.25, 0.3) is 5.69 Å². The average Bonchev–Trinajstić information content (AvgIpc) is 2.47. The second-order valence-electron chi connectivity index (χ2n) is 4.12. The summed E-state index contributed by atoms with van der Waals surface area (Å²) in [6, 6.07) is 8.93. The third-order valence-corrected chi connectivity index (χ3v) is 3.55. The predicted octanol–water partition coefficient (Wildman–Crippen LogP) is -0.696. The van der Waals surface area contributed by atoms with Crippen LogP contribution >= 0.6 is 0 Å². The number of nitrogens with zero attached hydrogens (tertiary/aromatic N) is 1. The predicted molar refractivity (Wildman–Crippen MR) is 74.1 cm³/mol. The van der Waals surface area contributed by atoms with Crippen molar-refractivity contribution < 1.29 is 56.9 Å². The molecule has 0 saturated carbocycles. The first kappa shape index (κ1) is 19.4. The number of nitro groups is 1. The van der Waals surface area contributed by atoms with Crippen LogP contribution in [0.5, 0.6) is 17.2 Å². The second kappa shape index (κ2) is 7.75. The minimum Gasteiger partial charge on any atom is -0.744 e. The molecule has 0 aromatic heterocycles. The summed E-state index contributed by atoms with van der Waals surface area (Å²) in [5, 5.41) is 10.7. The average molecular weight is 347 g/mol. The Kier molecular flexibility index (Phi) is 6.54. The van der Waals surface area contributed by atoms with Gasteiger partial charge >= 0.3 is 29.6 Å².